The fraction of sp³-hybridized carbons (Fsp3) is 0.111. The summed E-state index contributed by atoms with van der Waals surface area (Å²) in [5.74, 6) is 0. The van der Waals surface area contributed by atoms with Crippen LogP contribution in [0.1, 0.15) is 5.56 Å². The van der Waals surface area contributed by atoms with Gasteiger partial charge in [-0.1, -0.05) is 48.5 Å². The van der Waals surface area contributed by atoms with E-state index in [1.165, 1.54) is 4.68 Å². The lowest BCUT2D eigenvalue weighted by molar-refractivity contribution is 0.299. The van der Waals surface area contributed by atoms with Crippen molar-refractivity contribution in [3.05, 3.63) is 82.8 Å². The Balaban J connectivity index is 2.23. The molecule has 0 aliphatic carbocycles. The molecule has 0 atom stereocenters. The van der Waals surface area contributed by atoms with Gasteiger partial charge in [0, 0.05) is 6.61 Å². The minimum absolute atomic E-state index is 0.0176. The first kappa shape index (κ1) is 14.2. The molecule has 1 aromatic heterocycles. The second-order valence-electron chi connectivity index (χ2n) is 4.94. The minimum atomic E-state index is -0.177. The molecular weight excluding hydrogens is 276 g/mol. The molecule has 0 saturated carbocycles. The first-order valence-corrected chi connectivity index (χ1v) is 7.14. The first-order valence-electron chi connectivity index (χ1n) is 7.14. The van der Waals surface area contributed by atoms with Gasteiger partial charge in [-0.15, -0.1) is 0 Å². The molecule has 0 radical (unpaired) electrons. The minimum Gasteiger partial charge on any atom is -0.396 e. The van der Waals surface area contributed by atoms with E-state index in [4.69, 9.17) is 0 Å². The van der Waals surface area contributed by atoms with Crippen LogP contribution in [0, 0.1) is 0 Å². The summed E-state index contributed by atoms with van der Waals surface area (Å²) in [6.45, 7) is -0.0176. The summed E-state index contributed by atoms with van der Waals surface area (Å²) in [6, 6.07) is 18.8. The standard InChI is InChI=1S/C18H16N2O2/c21-12-11-15-13-19-20(16-9-5-2-6-10-16)18(22)17(15)14-7-3-1-4-8-14/h1-10,13,21H,11-12H2. The third-order valence-corrected chi connectivity index (χ3v) is 3.50. The summed E-state index contributed by atoms with van der Waals surface area (Å²) in [6.07, 6.45) is 2.06. The maximum atomic E-state index is 12.9. The molecule has 3 rings (SSSR count). The summed E-state index contributed by atoms with van der Waals surface area (Å²) >= 11 is 0. The van der Waals surface area contributed by atoms with Gasteiger partial charge in [-0.25, -0.2) is 0 Å². The molecule has 0 amide bonds. The molecule has 1 heterocycles. The summed E-state index contributed by atoms with van der Waals surface area (Å²) in [5.41, 5.74) is 2.73. The lowest BCUT2D eigenvalue weighted by Crippen LogP contribution is -2.24. The number of hydrogen-bond acceptors (Lipinski definition) is 3. The van der Waals surface area contributed by atoms with Crippen LogP contribution >= 0.6 is 0 Å². The van der Waals surface area contributed by atoms with Crippen LogP contribution in [0.5, 0.6) is 0 Å². The molecular formula is C18H16N2O2. The third kappa shape index (κ3) is 2.69. The van der Waals surface area contributed by atoms with Crippen LogP contribution in [-0.4, -0.2) is 21.5 Å². The molecule has 0 aliphatic rings. The van der Waals surface area contributed by atoms with Crippen molar-refractivity contribution in [1.29, 1.82) is 0 Å². The van der Waals surface area contributed by atoms with Crippen LogP contribution in [0.15, 0.2) is 71.7 Å². The number of aliphatic hydroxyl groups excluding tert-OH is 1. The van der Waals surface area contributed by atoms with E-state index in [9.17, 15) is 9.90 Å². The van der Waals surface area contributed by atoms with Crippen molar-refractivity contribution in [3.8, 4) is 16.8 Å². The van der Waals surface area contributed by atoms with Gasteiger partial charge in [0.05, 0.1) is 17.4 Å². The van der Waals surface area contributed by atoms with E-state index in [0.29, 0.717) is 12.0 Å². The van der Waals surface area contributed by atoms with Crippen LogP contribution < -0.4 is 5.56 Å². The van der Waals surface area contributed by atoms with Crippen LogP contribution in [0.3, 0.4) is 0 Å². The zero-order valence-corrected chi connectivity index (χ0v) is 12.0. The van der Waals surface area contributed by atoms with E-state index in [0.717, 1.165) is 16.8 Å². The zero-order valence-electron chi connectivity index (χ0n) is 12.0. The Morgan fingerprint density at radius 1 is 0.955 bits per heavy atom. The van der Waals surface area contributed by atoms with Gasteiger partial charge in [0.1, 0.15) is 0 Å². The van der Waals surface area contributed by atoms with Gasteiger partial charge in [-0.2, -0.15) is 9.78 Å². The van der Waals surface area contributed by atoms with Crippen LogP contribution in [0.25, 0.3) is 16.8 Å². The van der Waals surface area contributed by atoms with Gasteiger partial charge < -0.3 is 5.11 Å². The van der Waals surface area contributed by atoms with Crippen LogP contribution in [0.4, 0.5) is 0 Å². The molecule has 0 spiro atoms. The highest BCUT2D eigenvalue weighted by molar-refractivity contribution is 5.66. The fourth-order valence-electron chi connectivity index (χ4n) is 2.46. The monoisotopic (exact) mass is 292 g/mol. The van der Waals surface area contributed by atoms with Crippen LogP contribution in [0.2, 0.25) is 0 Å². The van der Waals surface area contributed by atoms with E-state index in [1.54, 1.807) is 6.20 Å². The molecule has 0 unspecified atom stereocenters. The number of para-hydroxylation sites is 1. The van der Waals surface area contributed by atoms with Crippen molar-refractivity contribution in [3.63, 3.8) is 0 Å². The summed E-state index contributed by atoms with van der Waals surface area (Å²) < 4.78 is 1.39. The van der Waals surface area contributed by atoms with E-state index < -0.39 is 0 Å². The Bertz CT molecular complexity index is 811. The van der Waals surface area contributed by atoms with E-state index in [-0.39, 0.29) is 12.2 Å². The molecule has 0 aliphatic heterocycles. The number of aromatic nitrogens is 2. The van der Waals surface area contributed by atoms with Crippen molar-refractivity contribution in [2.24, 2.45) is 0 Å². The van der Waals surface area contributed by atoms with Crippen molar-refractivity contribution in [2.75, 3.05) is 6.61 Å². The largest absolute Gasteiger partial charge is 0.396 e. The predicted molar refractivity (Wildman–Crippen MR) is 86.1 cm³/mol. The quantitative estimate of drug-likeness (QED) is 0.803. The van der Waals surface area contributed by atoms with E-state index in [2.05, 4.69) is 5.10 Å². The number of aliphatic hydroxyl groups is 1. The van der Waals surface area contributed by atoms with E-state index >= 15 is 0 Å². The number of hydrogen-bond donors (Lipinski definition) is 1. The topological polar surface area (TPSA) is 55.1 Å². The zero-order chi connectivity index (χ0) is 15.4. The summed E-state index contributed by atoms with van der Waals surface area (Å²) in [4.78, 5) is 12.9. The third-order valence-electron chi connectivity index (χ3n) is 3.50. The Labute approximate surface area is 128 Å². The van der Waals surface area contributed by atoms with Gasteiger partial charge in [-0.05, 0) is 29.7 Å². The van der Waals surface area contributed by atoms with Gasteiger partial charge >= 0.3 is 0 Å². The molecule has 2 aromatic carbocycles. The molecule has 22 heavy (non-hydrogen) atoms. The van der Waals surface area contributed by atoms with Gasteiger partial charge in [-0.3, -0.25) is 4.79 Å². The molecule has 0 saturated heterocycles. The Hall–Kier alpha value is -2.72. The van der Waals surface area contributed by atoms with Crippen LogP contribution in [-0.2, 0) is 6.42 Å². The molecule has 0 bridgehead atoms. The average Bonchev–Trinajstić information content (AvgIpc) is 2.57. The van der Waals surface area contributed by atoms with Crippen molar-refractivity contribution in [2.45, 2.75) is 6.42 Å². The molecule has 4 heteroatoms. The summed E-state index contributed by atoms with van der Waals surface area (Å²) in [7, 11) is 0. The lowest BCUT2D eigenvalue weighted by Gasteiger charge is -2.11. The first-order chi connectivity index (χ1) is 10.8. The Morgan fingerprint density at radius 2 is 1.59 bits per heavy atom. The van der Waals surface area contributed by atoms with Gasteiger partial charge in [0.2, 0.25) is 0 Å². The van der Waals surface area contributed by atoms with E-state index in [1.807, 2.05) is 60.7 Å². The maximum absolute atomic E-state index is 12.9. The predicted octanol–water partition coefficient (Wildman–Crippen LogP) is 2.43. The Kier molecular flexibility index (Phi) is 4.12. The second-order valence-corrected chi connectivity index (χ2v) is 4.94. The summed E-state index contributed by atoms with van der Waals surface area (Å²) in [5, 5.41) is 13.5. The van der Waals surface area contributed by atoms with Crippen molar-refractivity contribution < 1.29 is 5.11 Å². The second kappa shape index (κ2) is 6.37. The highest BCUT2D eigenvalue weighted by Gasteiger charge is 2.13. The number of benzene rings is 2. The molecule has 4 nitrogen and oxygen atoms in total. The van der Waals surface area contributed by atoms with Gasteiger partial charge in [0.25, 0.3) is 5.56 Å². The SMILES string of the molecule is O=c1c(-c2ccccc2)c(CCO)cnn1-c1ccccc1. The van der Waals surface area contributed by atoms with Gasteiger partial charge in [0.15, 0.2) is 0 Å². The normalized spacial score (nSPS) is 10.6. The highest BCUT2D eigenvalue weighted by Crippen LogP contribution is 2.20. The molecule has 110 valence electrons. The number of rotatable bonds is 4. The molecule has 3 aromatic rings. The maximum Gasteiger partial charge on any atom is 0.279 e. The molecule has 0 fully saturated rings. The lowest BCUT2D eigenvalue weighted by atomic mass is 10.0. The number of nitrogens with zero attached hydrogens (tertiary/aromatic N) is 2. The Morgan fingerprint density at radius 3 is 2.23 bits per heavy atom. The smallest absolute Gasteiger partial charge is 0.279 e. The molecule has 1 N–H and O–H groups in total. The van der Waals surface area contributed by atoms with Crippen molar-refractivity contribution in [1.82, 2.24) is 9.78 Å². The van der Waals surface area contributed by atoms with Crippen molar-refractivity contribution >= 4 is 0 Å². The fourth-order valence-corrected chi connectivity index (χ4v) is 2.46. The highest BCUT2D eigenvalue weighted by atomic mass is 16.3. The average molecular weight is 292 g/mol.